The Morgan fingerprint density at radius 3 is 2.25 bits per heavy atom. The molecule has 0 aliphatic carbocycles. The number of nitro groups is 1. The van der Waals surface area contributed by atoms with Gasteiger partial charge in [-0.2, -0.15) is 5.26 Å². The summed E-state index contributed by atoms with van der Waals surface area (Å²) in [5.41, 5.74) is 2.87. The SMILES string of the molecule is N#C/C(=C/c1ccc(OCc2ccc(Cl)cc2)cc1)c1ccc([N+](=O)[O-])cc1. The normalized spacial score (nSPS) is 10.9. The second-order valence-electron chi connectivity index (χ2n) is 5.96. The van der Waals surface area contributed by atoms with Crippen molar-refractivity contribution in [3.05, 3.63) is 105 Å². The fourth-order valence-electron chi connectivity index (χ4n) is 2.52. The monoisotopic (exact) mass is 390 g/mol. The van der Waals surface area contributed by atoms with E-state index >= 15 is 0 Å². The van der Waals surface area contributed by atoms with Crippen molar-refractivity contribution < 1.29 is 9.66 Å². The summed E-state index contributed by atoms with van der Waals surface area (Å²) in [6.45, 7) is 0.429. The summed E-state index contributed by atoms with van der Waals surface area (Å²) < 4.78 is 5.75. The minimum absolute atomic E-state index is 0.0109. The molecule has 3 rings (SSSR count). The Hall–Kier alpha value is -3.62. The molecule has 138 valence electrons. The van der Waals surface area contributed by atoms with Crippen LogP contribution < -0.4 is 4.74 Å². The van der Waals surface area contributed by atoms with Crippen LogP contribution in [0.5, 0.6) is 5.75 Å². The van der Waals surface area contributed by atoms with E-state index in [0.717, 1.165) is 11.1 Å². The van der Waals surface area contributed by atoms with Crippen molar-refractivity contribution in [1.29, 1.82) is 5.26 Å². The average Bonchev–Trinajstić information content (AvgIpc) is 2.72. The van der Waals surface area contributed by atoms with Crippen molar-refractivity contribution in [2.75, 3.05) is 0 Å². The van der Waals surface area contributed by atoms with E-state index in [0.29, 0.717) is 28.5 Å². The van der Waals surface area contributed by atoms with E-state index in [1.54, 1.807) is 18.2 Å². The summed E-state index contributed by atoms with van der Waals surface area (Å²) in [4.78, 5) is 10.3. The molecule has 0 spiro atoms. The molecule has 28 heavy (non-hydrogen) atoms. The highest BCUT2D eigenvalue weighted by molar-refractivity contribution is 6.30. The first-order valence-corrected chi connectivity index (χ1v) is 8.77. The average molecular weight is 391 g/mol. The fourth-order valence-corrected chi connectivity index (χ4v) is 2.64. The van der Waals surface area contributed by atoms with Crippen LogP contribution in [0.4, 0.5) is 5.69 Å². The van der Waals surface area contributed by atoms with Crippen LogP contribution in [-0.4, -0.2) is 4.92 Å². The lowest BCUT2D eigenvalue weighted by Crippen LogP contribution is -1.94. The molecule has 0 N–H and O–H groups in total. The first-order valence-electron chi connectivity index (χ1n) is 8.39. The van der Waals surface area contributed by atoms with Crippen LogP contribution in [0.25, 0.3) is 11.6 Å². The van der Waals surface area contributed by atoms with Gasteiger partial charge in [-0.3, -0.25) is 10.1 Å². The predicted molar refractivity (Wildman–Crippen MR) is 109 cm³/mol. The lowest BCUT2D eigenvalue weighted by atomic mass is 10.0. The molecule has 3 aromatic rings. The summed E-state index contributed by atoms with van der Waals surface area (Å²) in [6.07, 6.45) is 1.73. The van der Waals surface area contributed by atoms with Gasteiger partial charge in [-0.1, -0.05) is 35.9 Å². The highest BCUT2D eigenvalue weighted by atomic mass is 35.5. The van der Waals surface area contributed by atoms with E-state index in [1.807, 2.05) is 48.5 Å². The Morgan fingerprint density at radius 1 is 1.04 bits per heavy atom. The van der Waals surface area contributed by atoms with Crippen LogP contribution >= 0.6 is 11.6 Å². The van der Waals surface area contributed by atoms with Crippen LogP contribution in [0.15, 0.2) is 72.8 Å². The summed E-state index contributed by atoms with van der Waals surface area (Å²) in [6, 6.07) is 22.8. The molecule has 0 fully saturated rings. The summed E-state index contributed by atoms with van der Waals surface area (Å²) in [5, 5.41) is 20.8. The molecule has 0 saturated heterocycles. The number of hydrogen-bond donors (Lipinski definition) is 0. The first-order chi connectivity index (χ1) is 13.5. The maximum atomic E-state index is 10.7. The Morgan fingerprint density at radius 2 is 1.68 bits per heavy atom. The molecule has 0 aliphatic heterocycles. The number of benzene rings is 3. The number of ether oxygens (including phenoxy) is 1. The second kappa shape index (κ2) is 8.85. The van der Waals surface area contributed by atoms with Crippen molar-refractivity contribution in [3.8, 4) is 11.8 Å². The number of nitro benzene ring substituents is 1. The lowest BCUT2D eigenvalue weighted by Gasteiger charge is -2.07. The molecule has 0 unspecified atom stereocenters. The van der Waals surface area contributed by atoms with Crippen LogP contribution in [0.2, 0.25) is 5.02 Å². The molecule has 6 heteroatoms. The zero-order valence-electron chi connectivity index (χ0n) is 14.7. The zero-order chi connectivity index (χ0) is 19.9. The highest BCUT2D eigenvalue weighted by Crippen LogP contribution is 2.22. The van der Waals surface area contributed by atoms with E-state index in [4.69, 9.17) is 16.3 Å². The van der Waals surface area contributed by atoms with Gasteiger partial charge in [0.05, 0.1) is 16.6 Å². The van der Waals surface area contributed by atoms with Gasteiger partial charge in [0.1, 0.15) is 12.4 Å². The van der Waals surface area contributed by atoms with Gasteiger partial charge >= 0.3 is 0 Å². The number of rotatable bonds is 6. The molecule has 0 aromatic heterocycles. The lowest BCUT2D eigenvalue weighted by molar-refractivity contribution is -0.384. The van der Waals surface area contributed by atoms with Gasteiger partial charge in [-0.15, -0.1) is 0 Å². The van der Waals surface area contributed by atoms with Crippen molar-refractivity contribution in [3.63, 3.8) is 0 Å². The Kier molecular flexibility index (Phi) is 6.05. The standard InChI is InChI=1S/C22H15ClN2O3/c23-20-7-1-17(2-8-20)15-28-22-11-3-16(4-12-22)13-19(14-24)18-5-9-21(10-6-18)25(26)27/h1-13H,15H2/b19-13-. The smallest absolute Gasteiger partial charge is 0.269 e. The van der Waals surface area contributed by atoms with Gasteiger partial charge in [-0.25, -0.2) is 0 Å². The van der Waals surface area contributed by atoms with Gasteiger partial charge < -0.3 is 4.74 Å². The van der Waals surface area contributed by atoms with Gasteiger partial charge in [0.15, 0.2) is 0 Å². The maximum Gasteiger partial charge on any atom is 0.269 e. The van der Waals surface area contributed by atoms with Crippen LogP contribution in [0, 0.1) is 21.4 Å². The van der Waals surface area contributed by atoms with E-state index in [-0.39, 0.29) is 5.69 Å². The summed E-state index contributed by atoms with van der Waals surface area (Å²) in [7, 11) is 0. The van der Waals surface area contributed by atoms with Gasteiger partial charge in [0.2, 0.25) is 0 Å². The molecule has 5 nitrogen and oxygen atoms in total. The molecule has 0 radical (unpaired) electrons. The molecule has 0 amide bonds. The fraction of sp³-hybridized carbons (Fsp3) is 0.0455. The molecule has 0 atom stereocenters. The molecule has 0 bridgehead atoms. The number of non-ortho nitro benzene ring substituents is 1. The largest absolute Gasteiger partial charge is 0.489 e. The zero-order valence-corrected chi connectivity index (χ0v) is 15.5. The second-order valence-corrected chi connectivity index (χ2v) is 6.39. The first kappa shape index (κ1) is 19.2. The molecule has 3 aromatic carbocycles. The number of nitriles is 1. The van der Waals surface area contributed by atoms with Crippen LogP contribution in [0.3, 0.4) is 0 Å². The minimum atomic E-state index is -0.470. The van der Waals surface area contributed by atoms with Crippen LogP contribution in [-0.2, 0) is 6.61 Å². The van der Waals surface area contributed by atoms with Crippen molar-refractivity contribution in [2.45, 2.75) is 6.61 Å². The molecule has 0 heterocycles. The number of allylic oxidation sites excluding steroid dienone is 1. The van der Waals surface area contributed by atoms with Crippen molar-refractivity contribution in [2.24, 2.45) is 0 Å². The molecule has 0 saturated carbocycles. The number of nitrogens with zero attached hydrogens (tertiary/aromatic N) is 2. The van der Waals surface area contributed by atoms with Crippen molar-refractivity contribution in [1.82, 2.24) is 0 Å². The van der Waals surface area contributed by atoms with Gasteiger partial charge in [-0.05, 0) is 59.2 Å². The molecule has 0 aliphatic rings. The summed E-state index contributed by atoms with van der Waals surface area (Å²) in [5.74, 6) is 0.709. The molecular formula is C22H15ClN2O3. The molecular weight excluding hydrogens is 376 g/mol. The quantitative estimate of drug-likeness (QED) is 0.227. The van der Waals surface area contributed by atoms with E-state index in [9.17, 15) is 15.4 Å². The maximum absolute atomic E-state index is 10.7. The predicted octanol–water partition coefficient (Wildman–Crippen LogP) is 5.89. The number of halogens is 1. The number of hydrogen-bond acceptors (Lipinski definition) is 4. The Labute approximate surface area is 167 Å². The van der Waals surface area contributed by atoms with Gasteiger partial charge in [0, 0.05) is 17.2 Å². The Bertz CT molecular complexity index is 1040. The third-order valence-electron chi connectivity index (χ3n) is 4.02. The van der Waals surface area contributed by atoms with E-state index < -0.39 is 4.92 Å². The van der Waals surface area contributed by atoms with Crippen molar-refractivity contribution >= 4 is 28.9 Å². The third-order valence-corrected chi connectivity index (χ3v) is 4.27. The highest BCUT2D eigenvalue weighted by Gasteiger charge is 2.07. The summed E-state index contributed by atoms with van der Waals surface area (Å²) >= 11 is 5.87. The third kappa shape index (κ3) is 4.97. The van der Waals surface area contributed by atoms with Gasteiger partial charge in [0.25, 0.3) is 5.69 Å². The van der Waals surface area contributed by atoms with Crippen LogP contribution in [0.1, 0.15) is 16.7 Å². The Balaban J connectivity index is 1.69. The topological polar surface area (TPSA) is 76.2 Å². The van der Waals surface area contributed by atoms with E-state index in [1.165, 1.54) is 12.1 Å². The minimum Gasteiger partial charge on any atom is -0.489 e. The van der Waals surface area contributed by atoms with E-state index in [2.05, 4.69) is 6.07 Å².